The molecular weight excluding hydrogens is 675 g/mol. The summed E-state index contributed by atoms with van der Waals surface area (Å²) in [7, 11) is -0.689. The number of rotatable bonds is 15. The van der Waals surface area contributed by atoms with Gasteiger partial charge in [0.1, 0.15) is 12.6 Å². The van der Waals surface area contributed by atoms with Crippen molar-refractivity contribution in [3.63, 3.8) is 0 Å². The fourth-order valence-corrected chi connectivity index (χ4v) is 7.47. The lowest BCUT2D eigenvalue weighted by Crippen LogP contribution is -2.55. The number of nitrogens with zero attached hydrogens (tertiary/aromatic N) is 2. The molecular formula is C36H57N5O7SSi. The van der Waals surface area contributed by atoms with Gasteiger partial charge in [0, 0.05) is 33.0 Å². The lowest BCUT2D eigenvalue weighted by atomic mass is 9.86. The van der Waals surface area contributed by atoms with Crippen molar-refractivity contribution in [1.29, 1.82) is 0 Å². The molecule has 0 aliphatic carbocycles. The molecule has 4 N–H and O–H groups in total. The van der Waals surface area contributed by atoms with Crippen LogP contribution in [0.5, 0.6) is 0 Å². The molecule has 12 nitrogen and oxygen atoms in total. The van der Waals surface area contributed by atoms with Crippen molar-refractivity contribution in [2.45, 2.75) is 110 Å². The quantitative estimate of drug-likeness (QED) is 0.134. The number of nitrogens with two attached hydrogens (primary N) is 1. The third-order valence-corrected chi connectivity index (χ3v) is 15.1. The molecule has 50 heavy (non-hydrogen) atoms. The number of benzene rings is 1. The number of hydrogen-bond donors (Lipinski definition) is 3. The first-order valence-electron chi connectivity index (χ1n) is 17.2. The number of ether oxygens (including phenoxy) is 2. The van der Waals surface area contributed by atoms with Gasteiger partial charge in [0.05, 0.1) is 47.3 Å². The van der Waals surface area contributed by atoms with Gasteiger partial charge in [-0.1, -0.05) is 65.8 Å². The zero-order valence-electron chi connectivity index (χ0n) is 31.4. The normalized spacial score (nSPS) is 18.0. The van der Waals surface area contributed by atoms with Crippen LogP contribution in [0.3, 0.4) is 0 Å². The summed E-state index contributed by atoms with van der Waals surface area (Å²) in [6.45, 7) is 19.2. The van der Waals surface area contributed by atoms with Crippen molar-refractivity contribution in [2.24, 2.45) is 11.1 Å². The average molecular weight is 732 g/mol. The molecule has 1 aromatic heterocycles. The predicted octanol–water partition coefficient (Wildman–Crippen LogP) is 4.73. The highest BCUT2D eigenvalue weighted by Crippen LogP contribution is 2.39. The van der Waals surface area contributed by atoms with Gasteiger partial charge in [-0.3, -0.25) is 19.2 Å². The summed E-state index contributed by atoms with van der Waals surface area (Å²) >= 11 is 1.54. The second-order valence-electron chi connectivity index (χ2n) is 15.6. The zero-order chi connectivity index (χ0) is 37.4. The Morgan fingerprint density at radius 2 is 1.74 bits per heavy atom. The number of carbonyl (C=O) groups excluding carboxylic acids is 4. The molecule has 4 atom stereocenters. The minimum atomic E-state index is -2.23. The van der Waals surface area contributed by atoms with E-state index in [0.29, 0.717) is 25.1 Å². The van der Waals surface area contributed by atoms with E-state index in [1.807, 2.05) is 52.0 Å². The average Bonchev–Trinajstić information content (AvgIpc) is 3.66. The number of esters is 1. The number of methoxy groups -OCH3 is 1. The van der Waals surface area contributed by atoms with E-state index in [-0.39, 0.29) is 54.9 Å². The van der Waals surface area contributed by atoms with Crippen LogP contribution < -0.4 is 16.4 Å². The van der Waals surface area contributed by atoms with Crippen molar-refractivity contribution >= 4 is 43.3 Å². The predicted molar refractivity (Wildman–Crippen MR) is 198 cm³/mol. The van der Waals surface area contributed by atoms with Crippen LogP contribution in [0.4, 0.5) is 0 Å². The van der Waals surface area contributed by atoms with Crippen LogP contribution in [0.25, 0.3) is 10.4 Å². The van der Waals surface area contributed by atoms with E-state index in [0.717, 1.165) is 16.1 Å². The summed E-state index contributed by atoms with van der Waals surface area (Å²) in [5.41, 5.74) is 10.3. The molecule has 0 bridgehead atoms. The molecule has 0 spiro atoms. The molecule has 3 rings (SSSR count). The van der Waals surface area contributed by atoms with Crippen molar-refractivity contribution in [2.75, 3.05) is 33.4 Å². The van der Waals surface area contributed by atoms with Gasteiger partial charge in [0.25, 0.3) is 0 Å². The van der Waals surface area contributed by atoms with Crippen LogP contribution in [-0.4, -0.2) is 93.5 Å². The molecule has 0 unspecified atom stereocenters. The van der Waals surface area contributed by atoms with Gasteiger partial charge in [-0.05, 0) is 41.6 Å². The summed E-state index contributed by atoms with van der Waals surface area (Å²) in [5.74, 6) is -1.55. The van der Waals surface area contributed by atoms with Gasteiger partial charge in [0.2, 0.25) is 17.7 Å². The maximum Gasteiger partial charge on any atom is 0.306 e. The maximum atomic E-state index is 14.2. The highest BCUT2D eigenvalue weighted by Gasteiger charge is 2.47. The number of aryl methyl sites for hydroxylation is 1. The van der Waals surface area contributed by atoms with E-state index in [2.05, 4.69) is 49.5 Å². The third-order valence-electron chi connectivity index (χ3n) is 9.55. The SMILES string of the molecule is COCCNC(=O)CCC(=O)OC[C@H](NC(=O)[C@@H]1C[C@@H](O[Si](C)(C)C(C)(C)C)CN1C(=O)[C@@H](N)C(C)(C)C)c1ccc(-c2scnc2C)cc1. The summed E-state index contributed by atoms with van der Waals surface area (Å²) in [6.07, 6.45) is -0.179. The third kappa shape index (κ3) is 11.2. The first-order chi connectivity index (χ1) is 23.2. The van der Waals surface area contributed by atoms with Crippen LogP contribution in [0.15, 0.2) is 29.8 Å². The Bertz CT molecular complexity index is 1470. The number of nitrogens with one attached hydrogen (secondary N) is 2. The van der Waals surface area contributed by atoms with Crippen LogP contribution in [-0.2, 0) is 33.1 Å². The Kier molecular flexibility index (Phi) is 14.3. The number of aromatic nitrogens is 1. The van der Waals surface area contributed by atoms with Gasteiger partial charge >= 0.3 is 5.97 Å². The van der Waals surface area contributed by atoms with Gasteiger partial charge in [-0.2, -0.15) is 0 Å². The summed E-state index contributed by atoms with van der Waals surface area (Å²) in [4.78, 5) is 59.8. The van der Waals surface area contributed by atoms with Gasteiger partial charge < -0.3 is 35.2 Å². The van der Waals surface area contributed by atoms with E-state index in [4.69, 9.17) is 19.6 Å². The highest BCUT2D eigenvalue weighted by molar-refractivity contribution is 7.13. The smallest absolute Gasteiger partial charge is 0.306 e. The van der Waals surface area contributed by atoms with E-state index in [1.165, 1.54) is 18.4 Å². The minimum Gasteiger partial charge on any atom is -0.463 e. The fraction of sp³-hybridized carbons (Fsp3) is 0.639. The summed E-state index contributed by atoms with van der Waals surface area (Å²) in [6, 6.07) is 5.26. The maximum absolute atomic E-state index is 14.2. The molecule has 1 aromatic carbocycles. The molecule has 1 aliphatic rings. The lowest BCUT2D eigenvalue weighted by molar-refractivity contribution is -0.146. The molecule has 1 saturated heterocycles. The topological polar surface area (TPSA) is 162 Å². The Labute approximate surface area is 302 Å². The number of thiazole rings is 1. The zero-order valence-corrected chi connectivity index (χ0v) is 33.2. The second kappa shape index (κ2) is 17.4. The van der Waals surface area contributed by atoms with Gasteiger partial charge in [0.15, 0.2) is 8.32 Å². The molecule has 0 radical (unpaired) electrons. The van der Waals surface area contributed by atoms with Crippen molar-refractivity contribution in [1.82, 2.24) is 20.5 Å². The molecule has 3 amide bonds. The van der Waals surface area contributed by atoms with Crippen LogP contribution in [0.2, 0.25) is 18.1 Å². The van der Waals surface area contributed by atoms with E-state index >= 15 is 0 Å². The minimum absolute atomic E-state index is 0.0364. The molecule has 2 aromatic rings. The Balaban J connectivity index is 1.85. The second-order valence-corrected chi connectivity index (χ2v) is 21.2. The van der Waals surface area contributed by atoms with Gasteiger partial charge in [-0.15, -0.1) is 11.3 Å². The largest absolute Gasteiger partial charge is 0.463 e. The van der Waals surface area contributed by atoms with Crippen LogP contribution >= 0.6 is 11.3 Å². The summed E-state index contributed by atoms with van der Waals surface area (Å²) < 4.78 is 17.3. The Morgan fingerprint density at radius 1 is 1.08 bits per heavy atom. The first kappa shape index (κ1) is 41.2. The molecule has 2 heterocycles. The van der Waals surface area contributed by atoms with Crippen LogP contribution in [0, 0.1) is 12.3 Å². The Hall–Kier alpha value is -3.17. The molecule has 1 aliphatic heterocycles. The Morgan fingerprint density at radius 3 is 2.30 bits per heavy atom. The number of carbonyl (C=O) groups is 4. The van der Waals surface area contributed by atoms with E-state index in [1.54, 1.807) is 10.4 Å². The molecule has 0 saturated carbocycles. The standard InChI is InChI=1S/C36H57N5O7SSi/c1-23-31(49-22-39-23)25-13-11-24(12-14-25)27(21-47-30(43)16-15-29(42)38-17-18-46-8)40-33(44)28-19-26(48-50(9,10)36(5,6)7)20-41(28)34(45)32(37)35(2,3)4/h11-14,22,26-28,32H,15-21,37H2,1-10H3,(H,38,42)(H,40,44)/t26-,27+,28+,32-/m1/s1. The fourth-order valence-electron chi connectivity index (χ4n) is 5.30. The number of likely N-dealkylation sites (tertiary alicyclic amines) is 1. The molecule has 278 valence electrons. The molecule has 1 fully saturated rings. The van der Waals surface area contributed by atoms with E-state index in [9.17, 15) is 19.2 Å². The first-order valence-corrected chi connectivity index (χ1v) is 21.0. The van der Waals surface area contributed by atoms with Crippen molar-refractivity contribution in [3.05, 3.63) is 41.0 Å². The van der Waals surface area contributed by atoms with Crippen molar-refractivity contribution in [3.8, 4) is 10.4 Å². The lowest BCUT2D eigenvalue weighted by Gasteiger charge is -2.38. The molecule has 14 heteroatoms. The van der Waals surface area contributed by atoms with Crippen molar-refractivity contribution < 1.29 is 33.1 Å². The number of amides is 3. The number of hydrogen-bond acceptors (Lipinski definition) is 10. The highest BCUT2D eigenvalue weighted by atomic mass is 32.1. The summed E-state index contributed by atoms with van der Waals surface area (Å²) in [5, 5.41) is 5.69. The van der Waals surface area contributed by atoms with Crippen LogP contribution in [0.1, 0.15) is 78.1 Å². The van der Waals surface area contributed by atoms with Gasteiger partial charge in [-0.25, -0.2) is 4.98 Å². The monoisotopic (exact) mass is 731 g/mol. The van der Waals surface area contributed by atoms with E-state index < -0.39 is 37.8 Å².